The van der Waals surface area contributed by atoms with E-state index in [1.165, 1.54) is 0 Å². The minimum Gasteiger partial charge on any atom is -0.394 e. The number of aryl methyl sites for hydroxylation is 1. The molecule has 18 heavy (non-hydrogen) atoms. The smallest absolute Gasteiger partial charge is 0.220 e. The summed E-state index contributed by atoms with van der Waals surface area (Å²) in [6.45, 7) is 1.55. The Labute approximate surface area is 107 Å². The van der Waals surface area contributed by atoms with Crippen LogP contribution in [0.5, 0.6) is 0 Å². The molecule has 1 amide bonds. The molecule has 0 aliphatic rings. The zero-order chi connectivity index (χ0) is 13.1. The molecule has 0 atom stereocenters. The van der Waals surface area contributed by atoms with Crippen LogP contribution in [0.3, 0.4) is 0 Å². The molecule has 5 nitrogen and oxygen atoms in total. The van der Waals surface area contributed by atoms with Crippen LogP contribution in [0.4, 0.5) is 0 Å². The molecule has 0 saturated carbocycles. The highest BCUT2D eigenvalue weighted by atomic mass is 16.5. The summed E-state index contributed by atoms with van der Waals surface area (Å²) in [5.41, 5.74) is 0.930. The molecular weight excluding hydrogens is 232 g/mol. The molecule has 0 spiro atoms. The Hall–Kier alpha value is -1.46. The van der Waals surface area contributed by atoms with E-state index in [1.54, 1.807) is 6.20 Å². The van der Waals surface area contributed by atoms with Crippen LogP contribution in [0.2, 0.25) is 0 Å². The first kappa shape index (κ1) is 14.6. The lowest BCUT2D eigenvalue weighted by molar-refractivity contribution is -0.121. The Morgan fingerprint density at radius 1 is 1.39 bits per heavy atom. The topological polar surface area (TPSA) is 71.5 Å². The number of carbonyl (C=O) groups excluding carboxylic acids is 1. The summed E-state index contributed by atoms with van der Waals surface area (Å²) < 4.78 is 5.08. The summed E-state index contributed by atoms with van der Waals surface area (Å²) in [5, 5.41) is 11.3. The quantitative estimate of drug-likeness (QED) is 0.629. The van der Waals surface area contributed by atoms with Crippen LogP contribution in [0.15, 0.2) is 24.4 Å². The number of hydrogen-bond acceptors (Lipinski definition) is 4. The largest absolute Gasteiger partial charge is 0.394 e. The lowest BCUT2D eigenvalue weighted by atomic mass is 10.2. The van der Waals surface area contributed by atoms with E-state index in [9.17, 15) is 4.79 Å². The van der Waals surface area contributed by atoms with Crippen molar-refractivity contribution in [3.05, 3.63) is 30.1 Å². The molecule has 1 aromatic heterocycles. The number of ether oxygens (including phenoxy) is 1. The number of pyridine rings is 1. The van der Waals surface area contributed by atoms with E-state index in [2.05, 4.69) is 10.3 Å². The molecule has 5 heteroatoms. The second-order valence-electron chi connectivity index (χ2n) is 3.86. The fourth-order valence-electron chi connectivity index (χ4n) is 1.44. The third kappa shape index (κ3) is 6.98. The first-order valence-corrected chi connectivity index (χ1v) is 6.18. The highest BCUT2D eigenvalue weighted by molar-refractivity contribution is 5.76. The number of nitrogens with zero attached hydrogens (tertiary/aromatic N) is 1. The average molecular weight is 252 g/mol. The van der Waals surface area contributed by atoms with Crippen molar-refractivity contribution in [1.82, 2.24) is 10.3 Å². The van der Waals surface area contributed by atoms with Gasteiger partial charge in [-0.3, -0.25) is 9.78 Å². The highest BCUT2D eigenvalue weighted by Gasteiger charge is 2.01. The third-order valence-electron chi connectivity index (χ3n) is 2.36. The second kappa shape index (κ2) is 9.56. The van der Waals surface area contributed by atoms with Gasteiger partial charge in [-0.25, -0.2) is 0 Å². The van der Waals surface area contributed by atoms with Crippen LogP contribution in [-0.2, 0) is 16.0 Å². The van der Waals surface area contributed by atoms with Gasteiger partial charge in [0, 0.05) is 31.5 Å². The average Bonchev–Trinajstić information content (AvgIpc) is 2.41. The molecule has 0 aliphatic heterocycles. The third-order valence-corrected chi connectivity index (χ3v) is 2.36. The Bertz CT molecular complexity index is 330. The Morgan fingerprint density at radius 3 is 3.00 bits per heavy atom. The number of hydrogen-bond donors (Lipinski definition) is 2. The second-order valence-corrected chi connectivity index (χ2v) is 3.86. The van der Waals surface area contributed by atoms with Crippen molar-refractivity contribution in [3.8, 4) is 0 Å². The summed E-state index contributed by atoms with van der Waals surface area (Å²) >= 11 is 0. The van der Waals surface area contributed by atoms with Crippen LogP contribution >= 0.6 is 0 Å². The van der Waals surface area contributed by atoms with Crippen molar-refractivity contribution in [3.63, 3.8) is 0 Å². The number of carbonyl (C=O) groups is 1. The summed E-state index contributed by atoms with van der Waals surface area (Å²) in [6, 6.07) is 5.69. The highest BCUT2D eigenvalue weighted by Crippen LogP contribution is 1.97. The number of rotatable bonds is 9. The molecule has 0 saturated heterocycles. The number of amides is 1. The van der Waals surface area contributed by atoms with E-state index in [1.807, 2.05) is 18.2 Å². The monoisotopic (exact) mass is 252 g/mol. The predicted molar refractivity (Wildman–Crippen MR) is 68.1 cm³/mol. The van der Waals surface area contributed by atoms with Gasteiger partial charge in [0.1, 0.15) is 0 Å². The number of aliphatic hydroxyl groups is 1. The van der Waals surface area contributed by atoms with Gasteiger partial charge in [-0.2, -0.15) is 0 Å². The maximum Gasteiger partial charge on any atom is 0.220 e. The normalized spacial score (nSPS) is 10.3. The number of aliphatic hydroxyl groups excluding tert-OH is 1. The Kier molecular flexibility index (Phi) is 7.75. The van der Waals surface area contributed by atoms with Crippen LogP contribution in [-0.4, -0.2) is 42.4 Å². The molecule has 0 aromatic carbocycles. The van der Waals surface area contributed by atoms with Crippen molar-refractivity contribution in [2.24, 2.45) is 0 Å². The van der Waals surface area contributed by atoms with E-state index in [4.69, 9.17) is 9.84 Å². The van der Waals surface area contributed by atoms with Gasteiger partial charge in [0.15, 0.2) is 0 Å². The maximum absolute atomic E-state index is 11.5. The van der Waals surface area contributed by atoms with Crippen molar-refractivity contribution >= 4 is 5.91 Å². The van der Waals surface area contributed by atoms with Gasteiger partial charge in [0.2, 0.25) is 5.91 Å². The molecular formula is C13H20N2O3. The van der Waals surface area contributed by atoms with Gasteiger partial charge in [-0.15, -0.1) is 0 Å². The van der Waals surface area contributed by atoms with Gasteiger partial charge in [0.25, 0.3) is 0 Å². The van der Waals surface area contributed by atoms with Gasteiger partial charge in [0.05, 0.1) is 13.2 Å². The molecule has 1 heterocycles. The van der Waals surface area contributed by atoms with Crippen LogP contribution in [0, 0.1) is 0 Å². The van der Waals surface area contributed by atoms with E-state index in [0.717, 1.165) is 12.1 Å². The molecule has 1 aromatic rings. The van der Waals surface area contributed by atoms with E-state index >= 15 is 0 Å². The summed E-state index contributed by atoms with van der Waals surface area (Å²) in [5.74, 6) is 0.0304. The number of aromatic nitrogens is 1. The summed E-state index contributed by atoms with van der Waals surface area (Å²) in [7, 11) is 0. The van der Waals surface area contributed by atoms with Gasteiger partial charge >= 0.3 is 0 Å². The molecule has 0 fully saturated rings. The lowest BCUT2D eigenvalue weighted by Gasteiger charge is -2.05. The van der Waals surface area contributed by atoms with E-state index < -0.39 is 0 Å². The lowest BCUT2D eigenvalue weighted by Crippen LogP contribution is -2.25. The minimum absolute atomic E-state index is 0.0304. The molecule has 0 radical (unpaired) electrons. The predicted octanol–water partition coefficient (Wildman–Crippen LogP) is 0.529. The molecule has 0 bridgehead atoms. The SMILES string of the molecule is O=C(CCc1ccccn1)NCCCOCCO. The van der Waals surface area contributed by atoms with Crippen LogP contribution in [0.1, 0.15) is 18.5 Å². The van der Waals surface area contributed by atoms with Gasteiger partial charge < -0.3 is 15.2 Å². The first-order chi connectivity index (χ1) is 8.83. The van der Waals surface area contributed by atoms with Crippen LogP contribution in [0.25, 0.3) is 0 Å². The Balaban J connectivity index is 2.01. The fourth-order valence-corrected chi connectivity index (χ4v) is 1.44. The minimum atomic E-state index is 0.0304. The van der Waals surface area contributed by atoms with Crippen molar-refractivity contribution in [2.75, 3.05) is 26.4 Å². The van der Waals surface area contributed by atoms with Crippen LogP contribution < -0.4 is 5.32 Å². The molecule has 100 valence electrons. The van der Waals surface area contributed by atoms with E-state index in [0.29, 0.717) is 32.6 Å². The van der Waals surface area contributed by atoms with E-state index in [-0.39, 0.29) is 12.5 Å². The summed E-state index contributed by atoms with van der Waals surface area (Å²) in [6.07, 6.45) is 3.60. The number of nitrogens with one attached hydrogen (secondary N) is 1. The molecule has 0 unspecified atom stereocenters. The Morgan fingerprint density at radius 2 is 2.28 bits per heavy atom. The zero-order valence-corrected chi connectivity index (χ0v) is 10.5. The van der Waals surface area contributed by atoms with Gasteiger partial charge in [-0.1, -0.05) is 6.07 Å². The zero-order valence-electron chi connectivity index (χ0n) is 10.5. The molecule has 1 rings (SSSR count). The molecule has 0 aliphatic carbocycles. The summed E-state index contributed by atoms with van der Waals surface area (Å²) in [4.78, 5) is 15.6. The van der Waals surface area contributed by atoms with Gasteiger partial charge in [-0.05, 0) is 25.0 Å². The molecule has 2 N–H and O–H groups in total. The van der Waals surface area contributed by atoms with Crippen molar-refractivity contribution in [2.45, 2.75) is 19.3 Å². The first-order valence-electron chi connectivity index (χ1n) is 6.18. The maximum atomic E-state index is 11.5. The van der Waals surface area contributed by atoms with Crippen molar-refractivity contribution in [1.29, 1.82) is 0 Å². The van der Waals surface area contributed by atoms with Crippen molar-refractivity contribution < 1.29 is 14.6 Å². The fraction of sp³-hybridized carbons (Fsp3) is 0.538. The standard InChI is InChI=1S/C13H20N2O3/c16-9-11-18-10-3-8-15-13(17)6-5-12-4-1-2-7-14-12/h1-2,4,7,16H,3,5-6,8-11H2,(H,15,17).